The molecule has 3 rings (SSSR count). The highest BCUT2D eigenvalue weighted by Gasteiger charge is 2.12. The fraction of sp³-hybridized carbons (Fsp3) is 0. The number of aromatic carboxylic acids is 1. The van der Waals surface area contributed by atoms with E-state index in [9.17, 15) is 9.59 Å². The van der Waals surface area contributed by atoms with E-state index in [4.69, 9.17) is 28.9 Å². The van der Waals surface area contributed by atoms with Crippen LogP contribution < -0.4 is 10.6 Å². The SMILES string of the molecule is O=C(NC(=S)Nc1ccc(Cl)c(C(=O)O)c1)c1ccc(-c2ccccc2)cc1. The highest BCUT2D eigenvalue weighted by molar-refractivity contribution is 7.80. The molecule has 7 heteroatoms. The maximum atomic E-state index is 12.4. The Hall–Kier alpha value is -3.22. The molecule has 0 saturated heterocycles. The van der Waals surface area contributed by atoms with Gasteiger partial charge in [0, 0.05) is 11.3 Å². The predicted molar refractivity (Wildman–Crippen MR) is 114 cm³/mol. The van der Waals surface area contributed by atoms with Gasteiger partial charge >= 0.3 is 5.97 Å². The number of thiocarbonyl (C=S) groups is 1. The van der Waals surface area contributed by atoms with Crippen molar-refractivity contribution in [2.45, 2.75) is 0 Å². The van der Waals surface area contributed by atoms with Crippen LogP contribution in [0.15, 0.2) is 72.8 Å². The number of amides is 1. The number of anilines is 1. The minimum absolute atomic E-state index is 0.0517. The van der Waals surface area contributed by atoms with E-state index in [-0.39, 0.29) is 21.6 Å². The molecule has 0 spiro atoms. The molecule has 0 bridgehead atoms. The molecule has 0 radical (unpaired) electrons. The normalized spacial score (nSPS) is 10.2. The van der Waals surface area contributed by atoms with Gasteiger partial charge in [0.25, 0.3) is 5.91 Å². The van der Waals surface area contributed by atoms with Gasteiger partial charge in [0.05, 0.1) is 10.6 Å². The summed E-state index contributed by atoms with van der Waals surface area (Å²) in [7, 11) is 0. The van der Waals surface area contributed by atoms with E-state index in [1.807, 2.05) is 42.5 Å². The lowest BCUT2D eigenvalue weighted by molar-refractivity contribution is 0.0697. The predicted octanol–water partition coefficient (Wildman–Crippen LogP) is 4.83. The van der Waals surface area contributed by atoms with Crippen LogP contribution >= 0.6 is 23.8 Å². The van der Waals surface area contributed by atoms with Crippen molar-refractivity contribution in [1.82, 2.24) is 5.32 Å². The molecule has 0 aliphatic heterocycles. The number of rotatable bonds is 4. The highest BCUT2D eigenvalue weighted by Crippen LogP contribution is 2.21. The van der Waals surface area contributed by atoms with Crippen LogP contribution in [0, 0.1) is 0 Å². The Kier molecular flexibility index (Phi) is 6.03. The largest absolute Gasteiger partial charge is 0.478 e. The van der Waals surface area contributed by atoms with Crippen LogP contribution in [0.1, 0.15) is 20.7 Å². The Labute approximate surface area is 172 Å². The van der Waals surface area contributed by atoms with E-state index in [0.29, 0.717) is 11.3 Å². The summed E-state index contributed by atoms with van der Waals surface area (Å²) >= 11 is 11.0. The topological polar surface area (TPSA) is 78.4 Å². The zero-order valence-corrected chi connectivity index (χ0v) is 16.1. The molecule has 0 aliphatic carbocycles. The van der Waals surface area contributed by atoms with Gasteiger partial charge in [-0.2, -0.15) is 0 Å². The molecule has 140 valence electrons. The quantitative estimate of drug-likeness (QED) is 0.537. The molecular formula is C21H15ClN2O3S. The van der Waals surface area contributed by atoms with Gasteiger partial charge in [-0.15, -0.1) is 0 Å². The van der Waals surface area contributed by atoms with Crippen LogP contribution in [-0.4, -0.2) is 22.1 Å². The number of carbonyl (C=O) groups is 2. The number of halogens is 1. The fourth-order valence-electron chi connectivity index (χ4n) is 2.55. The Bertz CT molecular complexity index is 1040. The van der Waals surface area contributed by atoms with Crippen LogP contribution in [0.4, 0.5) is 5.69 Å². The number of hydrogen-bond donors (Lipinski definition) is 3. The summed E-state index contributed by atoms with van der Waals surface area (Å²) in [5.74, 6) is -1.52. The minimum atomic E-state index is -1.15. The van der Waals surface area contributed by atoms with Crippen molar-refractivity contribution in [1.29, 1.82) is 0 Å². The first-order valence-electron chi connectivity index (χ1n) is 8.25. The van der Waals surface area contributed by atoms with Crippen molar-refractivity contribution in [2.24, 2.45) is 0 Å². The van der Waals surface area contributed by atoms with Crippen molar-refractivity contribution in [2.75, 3.05) is 5.32 Å². The van der Waals surface area contributed by atoms with Gasteiger partial charge in [0.15, 0.2) is 5.11 Å². The second-order valence-electron chi connectivity index (χ2n) is 5.85. The molecule has 5 nitrogen and oxygen atoms in total. The highest BCUT2D eigenvalue weighted by atomic mass is 35.5. The first-order chi connectivity index (χ1) is 13.4. The summed E-state index contributed by atoms with van der Waals surface area (Å²) < 4.78 is 0. The van der Waals surface area contributed by atoms with Crippen LogP contribution in [-0.2, 0) is 0 Å². The van der Waals surface area contributed by atoms with E-state index < -0.39 is 5.97 Å². The zero-order valence-electron chi connectivity index (χ0n) is 14.5. The van der Waals surface area contributed by atoms with Gasteiger partial charge in [0.1, 0.15) is 0 Å². The van der Waals surface area contributed by atoms with Crippen LogP contribution in [0.3, 0.4) is 0 Å². The number of benzene rings is 3. The summed E-state index contributed by atoms with van der Waals surface area (Å²) in [6.45, 7) is 0. The first-order valence-corrected chi connectivity index (χ1v) is 9.03. The summed E-state index contributed by atoms with van der Waals surface area (Å²) in [4.78, 5) is 23.5. The summed E-state index contributed by atoms with van der Waals surface area (Å²) in [6, 6.07) is 21.3. The Balaban J connectivity index is 1.65. The lowest BCUT2D eigenvalue weighted by Crippen LogP contribution is -2.34. The lowest BCUT2D eigenvalue weighted by atomic mass is 10.0. The number of carbonyl (C=O) groups excluding carboxylic acids is 1. The monoisotopic (exact) mass is 410 g/mol. The van der Waals surface area contributed by atoms with E-state index in [2.05, 4.69) is 10.6 Å². The Morgan fingerprint density at radius 1 is 0.893 bits per heavy atom. The molecule has 0 saturated carbocycles. The van der Waals surface area contributed by atoms with Crippen LogP contribution in [0.5, 0.6) is 0 Å². The van der Waals surface area contributed by atoms with Crippen molar-refractivity contribution < 1.29 is 14.7 Å². The average molecular weight is 411 g/mol. The average Bonchev–Trinajstić information content (AvgIpc) is 2.70. The Morgan fingerprint density at radius 2 is 1.54 bits per heavy atom. The van der Waals surface area contributed by atoms with Crippen LogP contribution in [0.25, 0.3) is 11.1 Å². The molecule has 0 fully saturated rings. The number of nitrogens with one attached hydrogen (secondary N) is 2. The third-order valence-electron chi connectivity index (χ3n) is 3.94. The molecule has 3 N–H and O–H groups in total. The number of carboxylic acid groups (broad SMARTS) is 1. The molecule has 0 atom stereocenters. The first kappa shape index (κ1) is 19.5. The molecule has 28 heavy (non-hydrogen) atoms. The molecule has 0 heterocycles. The molecular weight excluding hydrogens is 396 g/mol. The summed E-state index contributed by atoms with van der Waals surface area (Å²) in [5, 5.41) is 14.6. The summed E-state index contributed by atoms with van der Waals surface area (Å²) in [5.41, 5.74) is 2.86. The van der Waals surface area contributed by atoms with Gasteiger partial charge in [-0.05, 0) is 53.7 Å². The van der Waals surface area contributed by atoms with E-state index in [1.165, 1.54) is 12.1 Å². The number of hydrogen-bond acceptors (Lipinski definition) is 3. The van der Waals surface area contributed by atoms with E-state index >= 15 is 0 Å². The van der Waals surface area contributed by atoms with Crippen molar-refractivity contribution in [3.8, 4) is 11.1 Å². The van der Waals surface area contributed by atoms with Gasteiger partial charge in [0.2, 0.25) is 0 Å². The van der Waals surface area contributed by atoms with Crippen molar-refractivity contribution >= 4 is 46.5 Å². The van der Waals surface area contributed by atoms with E-state index in [0.717, 1.165) is 11.1 Å². The minimum Gasteiger partial charge on any atom is -0.478 e. The molecule has 0 aromatic heterocycles. The Morgan fingerprint density at radius 3 is 2.18 bits per heavy atom. The second kappa shape index (κ2) is 8.65. The standard InChI is InChI=1S/C21H15ClN2O3S/c22-18-11-10-16(12-17(18)20(26)27)23-21(28)24-19(25)15-8-6-14(7-9-15)13-4-2-1-3-5-13/h1-12H,(H,26,27)(H2,23,24,25,28). The second-order valence-corrected chi connectivity index (χ2v) is 6.67. The van der Waals surface area contributed by atoms with Crippen molar-refractivity contribution in [3.05, 3.63) is 88.9 Å². The third kappa shape index (κ3) is 4.73. The molecule has 1 amide bonds. The summed E-state index contributed by atoms with van der Waals surface area (Å²) in [6.07, 6.45) is 0. The molecule has 3 aromatic carbocycles. The maximum absolute atomic E-state index is 12.4. The van der Waals surface area contributed by atoms with Gasteiger partial charge < -0.3 is 10.4 Å². The van der Waals surface area contributed by atoms with Crippen LogP contribution in [0.2, 0.25) is 5.02 Å². The molecule has 3 aromatic rings. The zero-order chi connectivity index (χ0) is 20.1. The van der Waals surface area contributed by atoms with Gasteiger partial charge in [-0.3, -0.25) is 10.1 Å². The molecule has 0 unspecified atom stereocenters. The van der Waals surface area contributed by atoms with Gasteiger partial charge in [-0.25, -0.2) is 4.79 Å². The fourth-order valence-corrected chi connectivity index (χ4v) is 2.96. The van der Waals surface area contributed by atoms with Gasteiger partial charge in [-0.1, -0.05) is 54.1 Å². The molecule has 0 aliphatic rings. The van der Waals surface area contributed by atoms with E-state index in [1.54, 1.807) is 18.2 Å². The maximum Gasteiger partial charge on any atom is 0.337 e. The third-order valence-corrected chi connectivity index (χ3v) is 4.47. The lowest BCUT2D eigenvalue weighted by Gasteiger charge is -2.11. The number of carboxylic acids is 1. The smallest absolute Gasteiger partial charge is 0.337 e. The van der Waals surface area contributed by atoms with Crippen molar-refractivity contribution in [3.63, 3.8) is 0 Å².